The summed E-state index contributed by atoms with van der Waals surface area (Å²) in [7, 11) is 1.77. The SMILES string of the molecule is CNc1cc(C(=O)N2C[C@@H]3CC[C@H](C2)N(Cc2ccccn2)C3=O)ccn1. The Morgan fingerprint density at radius 1 is 1.19 bits per heavy atom. The second-order valence-electron chi connectivity index (χ2n) is 7.11. The maximum absolute atomic E-state index is 13.0. The molecular formula is C20H23N5O2. The zero-order chi connectivity index (χ0) is 18.8. The predicted molar refractivity (Wildman–Crippen MR) is 101 cm³/mol. The van der Waals surface area contributed by atoms with E-state index in [-0.39, 0.29) is 23.8 Å². The van der Waals surface area contributed by atoms with Crippen LogP contribution in [0.2, 0.25) is 0 Å². The van der Waals surface area contributed by atoms with Gasteiger partial charge in [-0.25, -0.2) is 4.98 Å². The third kappa shape index (κ3) is 3.49. The smallest absolute Gasteiger partial charge is 0.254 e. The molecule has 0 unspecified atom stereocenters. The molecule has 3 saturated heterocycles. The maximum Gasteiger partial charge on any atom is 0.254 e. The van der Waals surface area contributed by atoms with Crippen molar-refractivity contribution in [2.75, 3.05) is 25.5 Å². The van der Waals surface area contributed by atoms with E-state index in [1.165, 1.54) is 0 Å². The molecule has 0 aliphatic carbocycles. The lowest BCUT2D eigenvalue weighted by Gasteiger charge is -2.35. The predicted octanol–water partition coefficient (Wildman–Crippen LogP) is 1.78. The summed E-state index contributed by atoms with van der Waals surface area (Å²) in [5, 5.41) is 2.96. The van der Waals surface area contributed by atoms with Gasteiger partial charge >= 0.3 is 0 Å². The van der Waals surface area contributed by atoms with Gasteiger partial charge in [-0.1, -0.05) is 6.07 Å². The van der Waals surface area contributed by atoms with E-state index in [0.717, 1.165) is 18.5 Å². The number of carbonyl (C=O) groups excluding carboxylic acids is 2. The molecule has 0 radical (unpaired) electrons. The molecule has 2 aromatic heterocycles. The Morgan fingerprint density at radius 2 is 2.07 bits per heavy atom. The number of nitrogens with one attached hydrogen (secondary N) is 1. The highest BCUT2D eigenvalue weighted by molar-refractivity contribution is 5.95. The van der Waals surface area contributed by atoms with Gasteiger partial charge < -0.3 is 15.1 Å². The normalized spacial score (nSPS) is 21.9. The van der Waals surface area contributed by atoms with Gasteiger partial charge in [-0.2, -0.15) is 0 Å². The number of carbonyl (C=O) groups is 2. The number of amides is 2. The van der Waals surface area contributed by atoms with Crippen LogP contribution in [0.5, 0.6) is 0 Å². The van der Waals surface area contributed by atoms with Gasteiger partial charge in [0.25, 0.3) is 5.91 Å². The average Bonchev–Trinajstić information content (AvgIpc) is 3.01. The molecular weight excluding hydrogens is 342 g/mol. The first-order valence-electron chi connectivity index (χ1n) is 9.29. The Morgan fingerprint density at radius 3 is 2.85 bits per heavy atom. The van der Waals surface area contributed by atoms with Crippen molar-refractivity contribution in [2.45, 2.75) is 25.4 Å². The summed E-state index contributed by atoms with van der Waals surface area (Å²) in [5.41, 5.74) is 1.48. The van der Waals surface area contributed by atoms with Crippen molar-refractivity contribution in [3.05, 3.63) is 54.0 Å². The molecule has 5 heterocycles. The van der Waals surface area contributed by atoms with Crippen LogP contribution in [0.4, 0.5) is 5.82 Å². The summed E-state index contributed by atoms with van der Waals surface area (Å²) in [6.45, 7) is 1.54. The summed E-state index contributed by atoms with van der Waals surface area (Å²) in [6.07, 6.45) is 5.13. The van der Waals surface area contributed by atoms with Gasteiger partial charge in [-0.15, -0.1) is 0 Å². The number of anilines is 1. The van der Waals surface area contributed by atoms with E-state index in [9.17, 15) is 9.59 Å². The molecule has 3 aliphatic rings. The molecule has 140 valence electrons. The van der Waals surface area contributed by atoms with E-state index in [1.54, 1.807) is 31.6 Å². The van der Waals surface area contributed by atoms with Crippen LogP contribution in [-0.4, -0.2) is 57.8 Å². The lowest BCUT2D eigenvalue weighted by Crippen LogP contribution is -2.47. The number of hydrogen-bond acceptors (Lipinski definition) is 5. The molecule has 2 atom stereocenters. The van der Waals surface area contributed by atoms with Crippen LogP contribution in [-0.2, 0) is 11.3 Å². The van der Waals surface area contributed by atoms with E-state index < -0.39 is 0 Å². The Bertz CT molecular complexity index is 841. The molecule has 0 spiro atoms. The molecule has 27 heavy (non-hydrogen) atoms. The number of rotatable bonds is 4. The largest absolute Gasteiger partial charge is 0.373 e. The van der Waals surface area contributed by atoms with Crippen LogP contribution in [0.1, 0.15) is 28.9 Å². The minimum absolute atomic E-state index is 0.0350. The number of pyridine rings is 2. The highest BCUT2D eigenvalue weighted by atomic mass is 16.2. The lowest BCUT2D eigenvalue weighted by atomic mass is 9.94. The highest BCUT2D eigenvalue weighted by Crippen LogP contribution is 2.31. The first-order chi connectivity index (χ1) is 13.2. The molecule has 3 aliphatic heterocycles. The molecule has 0 saturated carbocycles. The average molecular weight is 365 g/mol. The van der Waals surface area contributed by atoms with Gasteiger partial charge in [0.05, 0.1) is 18.2 Å². The van der Waals surface area contributed by atoms with Crippen LogP contribution < -0.4 is 5.32 Å². The van der Waals surface area contributed by atoms with Gasteiger partial charge in [0.2, 0.25) is 5.91 Å². The fourth-order valence-electron chi connectivity index (χ4n) is 3.96. The minimum Gasteiger partial charge on any atom is -0.373 e. The monoisotopic (exact) mass is 365 g/mol. The Hall–Kier alpha value is -2.96. The third-order valence-electron chi connectivity index (χ3n) is 5.40. The van der Waals surface area contributed by atoms with Crippen LogP contribution in [0, 0.1) is 5.92 Å². The summed E-state index contributed by atoms with van der Waals surface area (Å²) in [6, 6.07) is 9.25. The number of fused-ring (bicyclic) bond motifs is 4. The highest BCUT2D eigenvalue weighted by Gasteiger charge is 2.42. The summed E-state index contributed by atoms with van der Waals surface area (Å²) in [4.78, 5) is 38.3. The molecule has 3 fully saturated rings. The van der Waals surface area contributed by atoms with E-state index in [4.69, 9.17) is 0 Å². The van der Waals surface area contributed by atoms with Crippen molar-refractivity contribution in [1.29, 1.82) is 0 Å². The van der Waals surface area contributed by atoms with Gasteiger partial charge in [0.15, 0.2) is 0 Å². The van der Waals surface area contributed by atoms with Crippen molar-refractivity contribution < 1.29 is 9.59 Å². The Labute approximate surface area is 158 Å². The number of piperidine rings is 1. The van der Waals surface area contributed by atoms with Crippen LogP contribution >= 0.6 is 0 Å². The zero-order valence-electron chi connectivity index (χ0n) is 15.3. The van der Waals surface area contributed by atoms with Gasteiger partial charge in [-0.3, -0.25) is 14.6 Å². The molecule has 2 bridgehead atoms. The molecule has 7 heteroatoms. The van der Waals surface area contributed by atoms with E-state index in [1.807, 2.05) is 28.0 Å². The fourth-order valence-corrected chi connectivity index (χ4v) is 3.96. The van der Waals surface area contributed by atoms with Gasteiger partial charge in [-0.05, 0) is 37.1 Å². The number of hydrogen-bond donors (Lipinski definition) is 1. The third-order valence-corrected chi connectivity index (χ3v) is 5.40. The number of nitrogens with zero attached hydrogens (tertiary/aromatic N) is 4. The van der Waals surface area contributed by atoms with Crippen molar-refractivity contribution in [3.63, 3.8) is 0 Å². The lowest BCUT2D eigenvalue weighted by molar-refractivity contribution is -0.140. The van der Waals surface area contributed by atoms with Crippen molar-refractivity contribution in [2.24, 2.45) is 5.92 Å². The van der Waals surface area contributed by atoms with E-state index in [0.29, 0.717) is 31.0 Å². The molecule has 0 aromatic carbocycles. The molecule has 5 rings (SSSR count). The van der Waals surface area contributed by atoms with Gasteiger partial charge in [0, 0.05) is 44.1 Å². The second-order valence-corrected chi connectivity index (χ2v) is 7.11. The molecule has 2 aromatic rings. The molecule has 1 N–H and O–H groups in total. The van der Waals surface area contributed by atoms with Crippen molar-refractivity contribution in [3.8, 4) is 0 Å². The van der Waals surface area contributed by atoms with Crippen molar-refractivity contribution >= 4 is 17.6 Å². The first-order valence-corrected chi connectivity index (χ1v) is 9.29. The van der Waals surface area contributed by atoms with E-state index >= 15 is 0 Å². The standard InChI is InChI=1S/C20H23N5O2/c1-21-18-10-14(7-9-23-18)19(26)24-11-15-5-6-17(13-24)25(20(15)27)12-16-4-2-3-8-22-16/h2-4,7-10,15,17H,5-6,11-13H2,1H3,(H,21,23)/t15-,17+/m0/s1. The fraction of sp³-hybridized carbons (Fsp3) is 0.400. The summed E-state index contributed by atoms with van der Waals surface area (Å²) in [5.74, 6) is 0.615. The molecule has 2 amide bonds. The number of aromatic nitrogens is 2. The quantitative estimate of drug-likeness (QED) is 0.894. The second kappa shape index (κ2) is 7.34. The van der Waals surface area contributed by atoms with Crippen LogP contribution in [0.3, 0.4) is 0 Å². The summed E-state index contributed by atoms with van der Waals surface area (Å²) < 4.78 is 0. The Kier molecular flexibility index (Phi) is 4.75. The Balaban J connectivity index is 1.55. The van der Waals surface area contributed by atoms with Gasteiger partial charge in [0.1, 0.15) is 5.82 Å². The topological polar surface area (TPSA) is 78.4 Å². The van der Waals surface area contributed by atoms with E-state index in [2.05, 4.69) is 15.3 Å². The van der Waals surface area contributed by atoms with Crippen molar-refractivity contribution in [1.82, 2.24) is 19.8 Å². The maximum atomic E-state index is 13.0. The molecule has 7 nitrogen and oxygen atoms in total. The summed E-state index contributed by atoms with van der Waals surface area (Å²) >= 11 is 0. The zero-order valence-corrected chi connectivity index (χ0v) is 15.3. The van der Waals surface area contributed by atoms with Crippen LogP contribution in [0.15, 0.2) is 42.7 Å². The van der Waals surface area contributed by atoms with Crippen LogP contribution in [0.25, 0.3) is 0 Å². The minimum atomic E-state index is -0.137. The first kappa shape index (κ1) is 17.5.